The Morgan fingerprint density at radius 2 is 2.20 bits per heavy atom. The lowest BCUT2D eigenvalue weighted by molar-refractivity contribution is 0.686. The van der Waals surface area contributed by atoms with E-state index in [4.69, 9.17) is 0 Å². The maximum atomic E-state index is 11.3. The molecule has 4 nitrogen and oxygen atoms in total. The van der Waals surface area contributed by atoms with Crippen molar-refractivity contribution in [2.45, 2.75) is 5.75 Å². The lowest BCUT2D eigenvalue weighted by atomic mass is 10.2. The van der Waals surface area contributed by atoms with Gasteiger partial charge in [-0.05, 0) is 29.1 Å². The Morgan fingerprint density at radius 1 is 1.30 bits per heavy atom. The molecule has 0 aliphatic heterocycles. The van der Waals surface area contributed by atoms with Crippen molar-refractivity contribution in [3.63, 3.8) is 0 Å². The number of nitrogens with zero attached hydrogens (tertiary/aromatic N) is 2. The van der Waals surface area contributed by atoms with E-state index in [-0.39, 0.29) is 0 Å². The molecule has 2 heterocycles. The van der Waals surface area contributed by atoms with Crippen LogP contribution in [0.3, 0.4) is 0 Å². The van der Waals surface area contributed by atoms with E-state index in [9.17, 15) is 4.21 Å². The summed E-state index contributed by atoms with van der Waals surface area (Å²) in [6.07, 6.45) is 3.27. The van der Waals surface area contributed by atoms with Gasteiger partial charge < -0.3 is 5.32 Å². The van der Waals surface area contributed by atoms with Crippen molar-refractivity contribution < 1.29 is 4.21 Å². The van der Waals surface area contributed by atoms with Crippen LogP contribution in [0.2, 0.25) is 0 Å². The van der Waals surface area contributed by atoms with Crippen LogP contribution in [0.15, 0.2) is 42.0 Å². The van der Waals surface area contributed by atoms with Crippen molar-refractivity contribution in [1.82, 2.24) is 9.97 Å². The van der Waals surface area contributed by atoms with Crippen LogP contribution >= 0.6 is 11.3 Å². The summed E-state index contributed by atoms with van der Waals surface area (Å²) < 4.78 is 11.3. The van der Waals surface area contributed by atoms with Crippen molar-refractivity contribution in [3.05, 3.63) is 47.6 Å². The van der Waals surface area contributed by atoms with Gasteiger partial charge in [-0.3, -0.25) is 4.21 Å². The fourth-order valence-corrected chi connectivity index (χ4v) is 3.38. The van der Waals surface area contributed by atoms with Crippen LogP contribution in [0.4, 0.5) is 11.5 Å². The zero-order chi connectivity index (χ0) is 13.9. The summed E-state index contributed by atoms with van der Waals surface area (Å²) >= 11 is 1.59. The van der Waals surface area contributed by atoms with Crippen molar-refractivity contribution in [2.75, 3.05) is 11.6 Å². The summed E-state index contributed by atoms with van der Waals surface area (Å²) in [7, 11) is -0.839. The predicted molar refractivity (Wildman–Crippen MR) is 84.9 cm³/mol. The van der Waals surface area contributed by atoms with Crippen LogP contribution in [-0.2, 0) is 16.6 Å². The van der Waals surface area contributed by atoms with Crippen LogP contribution in [0.1, 0.15) is 5.56 Å². The summed E-state index contributed by atoms with van der Waals surface area (Å²) in [6.45, 7) is 0. The average Bonchev–Trinajstić information content (AvgIpc) is 2.88. The van der Waals surface area contributed by atoms with Gasteiger partial charge in [-0.2, -0.15) is 0 Å². The van der Waals surface area contributed by atoms with E-state index < -0.39 is 10.8 Å². The smallest absolute Gasteiger partial charge is 0.142 e. The Morgan fingerprint density at radius 3 is 3.05 bits per heavy atom. The second kappa shape index (κ2) is 5.68. The normalized spacial score (nSPS) is 12.4. The molecule has 0 amide bonds. The topological polar surface area (TPSA) is 54.9 Å². The summed E-state index contributed by atoms with van der Waals surface area (Å²) in [4.78, 5) is 9.48. The first-order chi connectivity index (χ1) is 9.72. The minimum atomic E-state index is -0.839. The molecular weight excluding hydrogens is 290 g/mol. The third-order valence-electron chi connectivity index (χ3n) is 2.82. The Kier molecular flexibility index (Phi) is 3.75. The summed E-state index contributed by atoms with van der Waals surface area (Å²) in [5, 5.41) is 6.32. The fourth-order valence-electron chi connectivity index (χ4n) is 2.00. The standard InChI is InChI=1S/C14H13N3OS2/c1-20(18)8-10-3-2-4-11(7-10)17-13-12-5-6-19-14(12)16-9-15-13/h2-7,9H,8H2,1H3,(H,15,16,17). The van der Waals surface area contributed by atoms with Gasteiger partial charge in [0.15, 0.2) is 0 Å². The number of anilines is 2. The SMILES string of the molecule is CS(=O)Cc1cccc(Nc2ncnc3sccc23)c1. The quantitative estimate of drug-likeness (QED) is 0.803. The van der Waals surface area contributed by atoms with Crippen LogP contribution in [0.5, 0.6) is 0 Å². The van der Waals surface area contributed by atoms with Crippen LogP contribution in [-0.4, -0.2) is 20.4 Å². The average molecular weight is 303 g/mol. The van der Waals surface area contributed by atoms with Gasteiger partial charge in [0.2, 0.25) is 0 Å². The van der Waals surface area contributed by atoms with Crippen LogP contribution in [0, 0.1) is 0 Å². The number of hydrogen-bond acceptors (Lipinski definition) is 5. The first-order valence-corrected chi connectivity index (χ1v) is 8.67. The highest BCUT2D eigenvalue weighted by atomic mass is 32.2. The molecule has 0 saturated heterocycles. The lowest BCUT2D eigenvalue weighted by Crippen LogP contribution is -1.97. The highest BCUT2D eigenvalue weighted by molar-refractivity contribution is 7.83. The van der Waals surface area contributed by atoms with Gasteiger partial charge in [-0.1, -0.05) is 12.1 Å². The van der Waals surface area contributed by atoms with Gasteiger partial charge in [-0.25, -0.2) is 9.97 Å². The van der Waals surface area contributed by atoms with E-state index in [1.807, 2.05) is 35.7 Å². The van der Waals surface area contributed by atoms with Gasteiger partial charge in [0, 0.05) is 28.5 Å². The van der Waals surface area contributed by atoms with Gasteiger partial charge in [0.25, 0.3) is 0 Å². The van der Waals surface area contributed by atoms with E-state index in [1.165, 1.54) is 0 Å². The molecule has 20 heavy (non-hydrogen) atoms. The van der Waals surface area contributed by atoms with E-state index in [2.05, 4.69) is 15.3 Å². The van der Waals surface area contributed by atoms with Crippen molar-refractivity contribution in [2.24, 2.45) is 0 Å². The molecule has 0 fully saturated rings. The molecule has 3 aromatic rings. The van der Waals surface area contributed by atoms with Crippen molar-refractivity contribution in [3.8, 4) is 0 Å². The molecule has 0 saturated carbocycles. The second-order valence-electron chi connectivity index (χ2n) is 4.40. The zero-order valence-electron chi connectivity index (χ0n) is 10.9. The number of nitrogens with one attached hydrogen (secondary N) is 1. The first-order valence-electron chi connectivity index (χ1n) is 6.06. The molecule has 1 aromatic carbocycles. The molecule has 0 spiro atoms. The molecule has 2 aromatic heterocycles. The van der Waals surface area contributed by atoms with E-state index in [1.54, 1.807) is 23.9 Å². The Labute approximate surface area is 123 Å². The third kappa shape index (κ3) is 2.86. The maximum Gasteiger partial charge on any atom is 0.142 e. The summed E-state index contributed by atoms with van der Waals surface area (Å²) in [5.41, 5.74) is 1.99. The number of fused-ring (bicyclic) bond motifs is 1. The molecular formula is C14H13N3OS2. The third-order valence-corrected chi connectivity index (χ3v) is 4.38. The second-order valence-corrected chi connectivity index (χ2v) is 6.73. The summed E-state index contributed by atoms with van der Waals surface area (Å²) in [5.74, 6) is 1.36. The highest BCUT2D eigenvalue weighted by Gasteiger charge is 2.05. The molecule has 1 unspecified atom stereocenters. The molecule has 0 bridgehead atoms. The summed E-state index contributed by atoms with van der Waals surface area (Å²) in [6, 6.07) is 9.92. The predicted octanol–water partition coefficient (Wildman–Crippen LogP) is 3.31. The number of aromatic nitrogens is 2. The van der Waals surface area contributed by atoms with Crippen molar-refractivity contribution in [1.29, 1.82) is 0 Å². The number of hydrogen-bond donors (Lipinski definition) is 1. The minimum Gasteiger partial charge on any atom is -0.340 e. The van der Waals surface area contributed by atoms with Gasteiger partial charge >= 0.3 is 0 Å². The molecule has 0 aliphatic carbocycles. The Balaban J connectivity index is 1.91. The largest absolute Gasteiger partial charge is 0.340 e. The van der Waals surface area contributed by atoms with Gasteiger partial charge in [-0.15, -0.1) is 11.3 Å². The zero-order valence-corrected chi connectivity index (χ0v) is 12.5. The fraction of sp³-hybridized carbons (Fsp3) is 0.143. The molecule has 1 atom stereocenters. The first kappa shape index (κ1) is 13.2. The Bertz CT molecular complexity index is 770. The molecule has 6 heteroatoms. The minimum absolute atomic E-state index is 0.563. The van der Waals surface area contributed by atoms with Crippen molar-refractivity contribution >= 4 is 43.9 Å². The van der Waals surface area contributed by atoms with E-state index >= 15 is 0 Å². The number of benzene rings is 1. The van der Waals surface area contributed by atoms with Gasteiger partial charge in [0.05, 0.1) is 5.39 Å². The number of thiophene rings is 1. The van der Waals surface area contributed by atoms with Crippen LogP contribution < -0.4 is 5.32 Å². The van der Waals surface area contributed by atoms with E-state index in [0.717, 1.165) is 27.3 Å². The molecule has 1 N–H and O–H groups in total. The monoisotopic (exact) mass is 303 g/mol. The van der Waals surface area contributed by atoms with E-state index in [0.29, 0.717) is 5.75 Å². The highest BCUT2D eigenvalue weighted by Crippen LogP contribution is 2.26. The van der Waals surface area contributed by atoms with Gasteiger partial charge in [0.1, 0.15) is 17.0 Å². The number of rotatable bonds is 4. The molecule has 0 radical (unpaired) electrons. The lowest BCUT2D eigenvalue weighted by Gasteiger charge is -2.08. The molecule has 3 rings (SSSR count). The van der Waals surface area contributed by atoms with Crippen LogP contribution in [0.25, 0.3) is 10.2 Å². The maximum absolute atomic E-state index is 11.3. The Hall–Kier alpha value is -1.79. The molecule has 0 aliphatic rings. The molecule has 102 valence electrons.